The van der Waals surface area contributed by atoms with Crippen LogP contribution in [0, 0.1) is 5.92 Å². The number of methoxy groups -OCH3 is 1. The molecular formula is C9H16O. The van der Waals surface area contributed by atoms with Gasteiger partial charge in [0, 0.05) is 13.0 Å². The molecule has 0 aliphatic heterocycles. The third-order valence-electron chi connectivity index (χ3n) is 2.26. The summed E-state index contributed by atoms with van der Waals surface area (Å²) < 4.78 is 5.31. The van der Waals surface area contributed by atoms with Crippen LogP contribution in [0.5, 0.6) is 0 Å². The van der Waals surface area contributed by atoms with E-state index in [-0.39, 0.29) is 0 Å². The van der Waals surface area contributed by atoms with Gasteiger partial charge in [0.2, 0.25) is 0 Å². The van der Waals surface area contributed by atoms with Crippen LogP contribution in [0.1, 0.15) is 26.7 Å². The highest BCUT2D eigenvalue weighted by Gasteiger charge is 2.18. The van der Waals surface area contributed by atoms with Gasteiger partial charge in [0.05, 0.1) is 6.10 Å². The van der Waals surface area contributed by atoms with Gasteiger partial charge >= 0.3 is 0 Å². The minimum Gasteiger partial charge on any atom is -0.381 e. The van der Waals surface area contributed by atoms with Crippen molar-refractivity contribution in [3.8, 4) is 0 Å². The summed E-state index contributed by atoms with van der Waals surface area (Å²) in [6, 6.07) is 0. The van der Waals surface area contributed by atoms with Crippen molar-refractivity contribution in [2.45, 2.75) is 32.8 Å². The molecule has 0 N–H and O–H groups in total. The Morgan fingerprint density at radius 1 is 1.60 bits per heavy atom. The van der Waals surface area contributed by atoms with Gasteiger partial charge in [0.15, 0.2) is 0 Å². The van der Waals surface area contributed by atoms with E-state index >= 15 is 0 Å². The zero-order valence-corrected chi connectivity index (χ0v) is 7.05. The van der Waals surface area contributed by atoms with E-state index in [1.165, 1.54) is 18.4 Å². The van der Waals surface area contributed by atoms with Crippen LogP contribution >= 0.6 is 0 Å². The van der Waals surface area contributed by atoms with E-state index in [1.807, 2.05) is 0 Å². The van der Waals surface area contributed by atoms with Gasteiger partial charge in [-0.25, -0.2) is 0 Å². The molecule has 0 saturated carbocycles. The normalized spacial score (nSPS) is 33.7. The quantitative estimate of drug-likeness (QED) is 0.508. The van der Waals surface area contributed by atoms with Crippen LogP contribution in [-0.2, 0) is 4.74 Å². The molecule has 10 heavy (non-hydrogen) atoms. The maximum atomic E-state index is 5.31. The molecule has 1 aliphatic rings. The molecule has 0 heterocycles. The fourth-order valence-corrected chi connectivity index (χ4v) is 1.60. The Morgan fingerprint density at radius 3 is 2.80 bits per heavy atom. The van der Waals surface area contributed by atoms with Gasteiger partial charge in [-0.1, -0.05) is 18.6 Å². The van der Waals surface area contributed by atoms with Gasteiger partial charge in [0.25, 0.3) is 0 Å². The topological polar surface area (TPSA) is 9.23 Å². The third kappa shape index (κ3) is 1.60. The summed E-state index contributed by atoms with van der Waals surface area (Å²) in [6.45, 7) is 4.42. The van der Waals surface area contributed by atoms with E-state index in [0.29, 0.717) is 12.0 Å². The maximum absolute atomic E-state index is 5.31. The highest BCUT2D eigenvalue weighted by Crippen LogP contribution is 2.24. The Labute approximate surface area is 63.1 Å². The molecule has 0 spiro atoms. The number of allylic oxidation sites excluding steroid dienone is 1. The van der Waals surface area contributed by atoms with Gasteiger partial charge in [-0.05, 0) is 19.8 Å². The van der Waals surface area contributed by atoms with Crippen LogP contribution < -0.4 is 0 Å². The van der Waals surface area contributed by atoms with Crippen molar-refractivity contribution >= 4 is 0 Å². The minimum atomic E-state index is 0.462. The van der Waals surface area contributed by atoms with E-state index in [1.54, 1.807) is 7.11 Å². The summed E-state index contributed by atoms with van der Waals surface area (Å²) >= 11 is 0. The zero-order chi connectivity index (χ0) is 7.56. The summed E-state index contributed by atoms with van der Waals surface area (Å²) in [5.74, 6) is 0.610. The molecule has 0 fully saturated rings. The Hall–Kier alpha value is -0.300. The molecule has 0 aromatic rings. The Morgan fingerprint density at radius 2 is 2.30 bits per heavy atom. The van der Waals surface area contributed by atoms with Gasteiger partial charge in [-0.2, -0.15) is 0 Å². The summed E-state index contributed by atoms with van der Waals surface area (Å²) in [4.78, 5) is 0. The maximum Gasteiger partial charge on any atom is 0.0634 e. The second-order valence-electron chi connectivity index (χ2n) is 3.18. The smallest absolute Gasteiger partial charge is 0.0634 e. The molecule has 2 atom stereocenters. The fourth-order valence-electron chi connectivity index (χ4n) is 1.60. The fraction of sp³-hybridized carbons (Fsp3) is 0.778. The van der Waals surface area contributed by atoms with Crippen LogP contribution in [0.3, 0.4) is 0 Å². The lowest BCUT2D eigenvalue weighted by Crippen LogP contribution is -2.22. The first-order valence-electron chi connectivity index (χ1n) is 3.94. The molecule has 1 aliphatic carbocycles. The van der Waals surface area contributed by atoms with Crippen molar-refractivity contribution in [1.82, 2.24) is 0 Å². The predicted octanol–water partition coefficient (Wildman–Crippen LogP) is 2.38. The van der Waals surface area contributed by atoms with E-state index < -0.39 is 0 Å². The van der Waals surface area contributed by atoms with Gasteiger partial charge < -0.3 is 4.74 Å². The van der Waals surface area contributed by atoms with Crippen LogP contribution in [-0.4, -0.2) is 13.2 Å². The van der Waals surface area contributed by atoms with Crippen LogP contribution in [0.15, 0.2) is 11.6 Å². The van der Waals surface area contributed by atoms with Crippen LogP contribution in [0.2, 0.25) is 0 Å². The molecule has 1 heteroatoms. The first-order chi connectivity index (χ1) is 4.74. The zero-order valence-electron chi connectivity index (χ0n) is 7.05. The molecule has 0 amide bonds. The first kappa shape index (κ1) is 7.80. The number of hydrogen-bond donors (Lipinski definition) is 0. The molecule has 1 rings (SSSR count). The predicted molar refractivity (Wildman–Crippen MR) is 43.0 cm³/mol. The number of ether oxygens (including phenoxy) is 1. The largest absolute Gasteiger partial charge is 0.381 e. The highest BCUT2D eigenvalue weighted by molar-refractivity contribution is 5.06. The van der Waals surface area contributed by atoms with Crippen LogP contribution in [0.25, 0.3) is 0 Å². The van der Waals surface area contributed by atoms with Gasteiger partial charge in [-0.15, -0.1) is 0 Å². The molecule has 0 saturated heterocycles. The first-order valence-corrected chi connectivity index (χ1v) is 3.94. The summed E-state index contributed by atoms with van der Waals surface area (Å²) in [5.41, 5.74) is 1.51. The molecule has 2 unspecified atom stereocenters. The summed E-state index contributed by atoms with van der Waals surface area (Å²) in [6.07, 6.45) is 5.18. The monoisotopic (exact) mass is 140 g/mol. The lowest BCUT2D eigenvalue weighted by atomic mass is 9.90. The summed E-state index contributed by atoms with van der Waals surface area (Å²) in [7, 11) is 1.80. The van der Waals surface area contributed by atoms with Gasteiger partial charge in [-0.3, -0.25) is 0 Å². The molecule has 1 nitrogen and oxygen atoms in total. The van der Waals surface area contributed by atoms with Crippen molar-refractivity contribution < 1.29 is 4.74 Å². The van der Waals surface area contributed by atoms with Crippen molar-refractivity contribution in [2.75, 3.05) is 7.11 Å². The summed E-state index contributed by atoms with van der Waals surface area (Å²) in [5, 5.41) is 0. The van der Waals surface area contributed by atoms with Gasteiger partial charge in [0.1, 0.15) is 0 Å². The molecule has 0 aromatic heterocycles. The Kier molecular flexibility index (Phi) is 2.50. The van der Waals surface area contributed by atoms with E-state index in [0.717, 1.165) is 0 Å². The average Bonchev–Trinajstić information content (AvgIpc) is 1.88. The molecular weight excluding hydrogens is 124 g/mol. The second kappa shape index (κ2) is 3.20. The third-order valence-corrected chi connectivity index (χ3v) is 2.26. The Balaban J connectivity index is 2.55. The molecule has 58 valence electrons. The average molecular weight is 140 g/mol. The molecule has 0 radical (unpaired) electrons. The highest BCUT2D eigenvalue weighted by atomic mass is 16.5. The van der Waals surface area contributed by atoms with E-state index in [4.69, 9.17) is 4.74 Å². The standard InChI is InChI=1S/C9H16O/c1-7-4-5-9(10-3)8(2)6-7/h6,8-9H,4-5H2,1-3H3. The minimum absolute atomic E-state index is 0.462. The van der Waals surface area contributed by atoms with E-state index in [2.05, 4.69) is 19.9 Å². The Bertz CT molecular complexity index is 138. The SMILES string of the molecule is COC1CCC(C)=CC1C. The van der Waals surface area contributed by atoms with Crippen LogP contribution in [0.4, 0.5) is 0 Å². The van der Waals surface area contributed by atoms with Crippen molar-refractivity contribution in [2.24, 2.45) is 5.92 Å². The number of rotatable bonds is 1. The second-order valence-corrected chi connectivity index (χ2v) is 3.18. The van der Waals surface area contributed by atoms with Crippen molar-refractivity contribution in [3.05, 3.63) is 11.6 Å². The lowest BCUT2D eigenvalue weighted by molar-refractivity contribution is 0.0626. The van der Waals surface area contributed by atoms with Crippen molar-refractivity contribution in [3.63, 3.8) is 0 Å². The van der Waals surface area contributed by atoms with Crippen molar-refractivity contribution in [1.29, 1.82) is 0 Å². The number of hydrogen-bond acceptors (Lipinski definition) is 1. The molecule has 0 bridgehead atoms. The molecule has 0 aromatic carbocycles. The lowest BCUT2D eigenvalue weighted by Gasteiger charge is -2.25. The van der Waals surface area contributed by atoms with E-state index in [9.17, 15) is 0 Å².